The largest absolute Gasteiger partial charge is 0.383 e. The van der Waals surface area contributed by atoms with Gasteiger partial charge in [-0.15, -0.1) is 0 Å². The second-order valence-corrected chi connectivity index (χ2v) is 2.65. The third kappa shape index (κ3) is 4.99. The molecule has 0 fully saturated rings. The van der Waals surface area contributed by atoms with Crippen LogP contribution in [-0.2, 0) is 14.6 Å². The minimum Gasteiger partial charge on any atom is -0.292 e. The van der Waals surface area contributed by atoms with Gasteiger partial charge in [0.2, 0.25) is 0 Å². The van der Waals surface area contributed by atoms with E-state index < -0.39 is 5.97 Å². The van der Waals surface area contributed by atoms with Crippen LogP contribution in [0.15, 0.2) is 11.6 Å². The molecular weight excluding hydrogens is 170 g/mol. The summed E-state index contributed by atoms with van der Waals surface area (Å²) >= 11 is 0. The van der Waals surface area contributed by atoms with E-state index in [2.05, 4.69) is 9.78 Å². The second kappa shape index (κ2) is 6.21. The lowest BCUT2D eigenvalue weighted by atomic mass is 10.2. The van der Waals surface area contributed by atoms with E-state index in [1.807, 2.05) is 6.92 Å². The van der Waals surface area contributed by atoms with Gasteiger partial charge < -0.3 is 0 Å². The Bertz CT molecular complexity index is 238. The van der Waals surface area contributed by atoms with Crippen LogP contribution in [-0.4, -0.2) is 12.1 Å². The van der Waals surface area contributed by atoms with Crippen LogP contribution in [0.3, 0.4) is 0 Å². The van der Waals surface area contributed by atoms with Crippen LogP contribution < -0.4 is 0 Å². The molecule has 0 radical (unpaired) electrons. The molecule has 0 aliphatic rings. The van der Waals surface area contributed by atoms with E-state index in [1.54, 1.807) is 19.9 Å². The molecule has 0 heterocycles. The number of nitrogens with zero attached hydrogens (tertiary/aromatic N) is 1. The van der Waals surface area contributed by atoms with Crippen molar-refractivity contribution in [3.63, 3.8) is 0 Å². The molecule has 0 aliphatic carbocycles. The molecule has 0 bridgehead atoms. The molecule has 0 spiro atoms. The molecule has 72 valence electrons. The number of hydrogen-bond donors (Lipinski definition) is 0. The average Bonchev–Trinajstić information content (AvgIpc) is 2.10. The van der Waals surface area contributed by atoms with Gasteiger partial charge >= 0.3 is 5.97 Å². The fraction of sp³-hybridized carbons (Fsp3) is 0.556. The molecule has 0 amide bonds. The molecule has 0 aliphatic heterocycles. The lowest BCUT2D eigenvalue weighted by Gasteiger charge is -2.04. The third-order valence-electron chi connectivity index (χ3n) is 1.06. The minimum absolute atomic E-state index is 0.0249. The predicted octanol–water partition coefficient (Wildman–Crippen LogP) is 1.73. The first-order valence-corrected chi connectivity index (χ1v) is 4.09. The van der Waals surface area contributed by atoms with Gasteiger partial charge in [0.15, 0.2) is 0 Å². The topological polar surface area (TPSA) is 59.3 Å². The van der Waals surface area contributed by atoms with Gasteiger partial charge in [0.1, 0.15) is 11.6 Å². The van der Waals surface area contributed by atoms with Gasteiger partial charge in [-0.1, -0.05) is 13.0 Å². The molecule has 13 heavy (non-hydrogen) atoms. The summed E-state index contributed by atoms with van der Waals surface area (Å²) in [5.74, 6) is -0.738. The van der Waals surface area contributed by atoms with Crippen molar-refractivity contribution in [1.29, 1.82) is 5.26 Å². The first kappa shape index (κ1) is 11.7. The molecule has 0 atom stereocenters. The maximum atomic E-state index is 11.0. The fourth-order valence-electron chi connectivity index (χ4n) is 0.564. The number of carbonyl (C=O) groups excluding carboxylic acids is 1. The molecule has 0 saturated carbocycles. The van der Waals surface area contributed by atoms with Crippen molar-refractivity contribution >= 4 is 5.97 Å². The van der Waals surface area contributed by atoms with E-state index in [0.29, 0.717) is 6.42 Å². The van der Waals surface area contributed by atoms with Gasteiger partial charge in [0.05, 0.1) is 6.10 Å². The first-order chi connectivity index (χ1) is 6.11. The maximum Gasteiger partial charge on any atom is 0.383 e. The van der Waals surface area contributed by atoms with Crippen molar-refractivity contribution in [2.24, 2.45) is 0 Å². The van der Waals surface area contributed by atoms with E-state index in [9.17, 15) is 4.79 Å². The van der Waals surface area contributed by atoms with E-state index in [1.165, 1.54) is 6.08 Å². The quantitative estimate of drug-likeness (QED) is 0.288. The smallest absolute Gasteiger partial charge is 0.292 e. The SMILES string of the molecule is CCC=C(C#N)C(=O)OOC(C)C. The number of nitriles is 1. The summed E-state index contributed by atoms with van der Waals surface area (Å²) in [5.41, 5.74) is -0.0249. The summed E-state index contributed by atoms with van der Waals surface area (Å²) in [7, 11) is 0. The summed E-state index contributed by atoms with van der Waals surface area (Å²) in [6, 6.07) is 1.73. The highest BCUT2D eigenvalue weighted by molar-refractivity contribution is 5.92. The number of rotatable bonds is 4. The summed E-state index contributed by atoms with van der Waals surface area (Å²) < 4.78 is 0. The molecule has 0 rings (SSSR count). The van der Waals surface area contributed by atoms with Crippen molar-refractivity contribution in [1.82, 2.24) is 0 Å². The molecule has 0 aromatic rings. The normalized spacial score (nSPS) is 11.2. The summed E-state index contributed by atoms with van der Waals surface area (Å²) in [6.07, 6.45) is 1.90. The van der Waals surface area contributed by atoms with Gasteiger partial charge in [-0.2, -0.15) is 10.1 Å². The Labute approximate surface area is 77.7 Å². The van der Waals surface area contributed by atoms with Crippen LogP contribution in [0.5, 0.6) is 0 Å². The second-order valence-electron chi connectivity index (χ2n) is 2.65. The molecular formula is C9H13NO3. The van der Waals surface area contributed by atoms with Gasteiger partial charge in [0, 0.05) is 0 Å². The van der Waals surface area contributed by atoms with E-state index in [-0.39, 0.29) is 11.7 Å². The van der Waals surface area contributed by atoms with E-state index in [4.69, 9.17) is 5.26 Å². The van der Waals surface area contributed by atoms with Gasteiger partial charge in [-0.3, -0.25) is 4.89 Å². The minimum atomic E-state index is -0.738. The standard InChI is InChI=1S/C9H13NO3/c1-4-5-8(6-10)9(11)13-12-7(2)3/h5,7H,4H2,1-3H3. The Hall–Kier alpha value is -1.34. The van der Waals surface area contributed by atoms with Gasteiger partial charge in [-0.05, 0) is 20.3 Å². The van der Waals surface area contributed by atoms with E-state index in [0.717, 1.165) is 0 Å². The van der Waals surface area contributed by atoms with Gasteiger partial charge in [0.25, 0.3) is 0 Å². The summed E-state index contributed by atoms with van der Waals surface area (Å²) in [5, 5.41) is 8.52. The van der Waals surface area contributed by atoms with Crippen molar-refractivity contribution in [2.75, 3.05) is 0 Å². The Morgan fingerprint density at radius 1 is 1.62 bits per heavy atom. The zero-order chi connectivity index (χ0) is 10.3. The molecule has 0 aromatic heterocycles. The molecule has 0 saturated heterocycles. The number of allylic oxidation sites excluding steroid dienone is 1. The predicted molar refractivity (Wildman–Crippen MR) is 46.3 cm³/mol. The van der Waals surface area contributed by atoms with Crippen LogP contribution in [0.2, 0.25) is 0 Å². The molecule has 0 aromatic carbocycles. The lowest BCUT2D eigenvalue weighted by molar-refractivity contribution is -0.287. The molecule has 0 N–H and O–H groups in total. The van der Waals surface area contributed by atoms with Crippen LogP contribution >= 0.6 is 0 Å². The fourth-order valence-corrected chi connectivity index (χ4v) is 0.564. The summed E-state index contributed by atoms with van der Waals surface area (Å²) in [6.45, 7) is 5.28. The average molecular weight is 183 g/mol. The highest BCUT2D eigenvalue weighted by Crippen LogP contribution is 2.00. The Kier molecular flexibility index (Phi) is 5.57. The van der Waals surface area contributed by atoms with Crippen LogP contribution in [0.1, 0.15) is 27.2 Å². The van der Waals surface area contributed by atoms with Gasteiger partial charge in [-0.25, -0.2) is 4.79 Å². The van der Waals surface area contributed by atoms with E-state index >= 15 is 0 Å². The first-order valence-electron chi connectivity index (χ1n) is 4.09. The monoisotopic (exact) mass is 183 g/mol. The Morgan fingerprint density at radius 3 is 2.62 bits per heavy atom. The van der Waals surface area contributed by atoms with Crippen LogP contribution in [0.25, 0.3) is 0 Å². The molecule has 4 heteroatoms. The van der Waals surface area contributed by atoms with Crippen molar-refractivity contribution < 1.29 is 14.6 Å². The number of carbonyl (C=O) groups is 1. The van der Waals surface area contributed by atoms with Crippen molar-refractivity contribution in [3.8, 4) is 6.07 Å². The number of hydrogen-bond acceptors (Lipinski definition) is 4. The van der Waals surface area contributed by atoms with Crippen LogP contribution in [0, 0.1) is 11.3 Å². The molecule has 4 nitrogen and oxygen atoms in total. The highest BCUT2D eigenvalue weighted by Gasteiger charge is 2.11. The Morgan fingerprint density at radius 2 is 2.23 bits per heavy atom. The zero-order valence-corrected chi connectivity index (χ0v) is 8.03. The van der Waals surface area contributed by atoms with Crippen molar-refractivity contribution in [2.45, 2.75) is 33.3 Å². The maximum absolute atomic E-state index is 11.0. The summed E-state index contributed by atoms with van der Waals surface area (Å²) in [4.78, 5) is 20.0. The van der Waals surface area contributed by atoms with Crippen molar-refractivity contribution in [3.05, 3.63) is 11.6 Å². The lowest BCUT2D eigenvalue weighted by Crippen LogP contribution is -2.11. The zero-order valence-electron chi connectivity index (χ0n) is 8.03. The third-order valence-corrected chi connectivity index (χ3v) is 1.06. The van der Waals surface area contributed by atoms with Crippen LogP contribution in [0.4, 0.5) is 0 Å². The molecule has 0 unspecified atom stereocenters. The Balaban J connectivity index is 4.10. The highest BCUT2D eigenvalue weighted by atomic mass is 17.2.